The number of hydrogen-bond acceptors (Lipinski definition) is 4. The number of hydrogen-bond donors (Lipinski definition) is 1. The van der Waals surface area contributed by atoms with Gasteiger partial charge < -0.3 is 5.32 Å². The summed E-state index contributed by atoms with van der Waals surface area (Å²) in [7, 11) is -3.57. The molecule has 0 fully saturated rings. The van der Waals surface area contributed by atoms with Gasteiger partial charge in [0.05, 0.1) is 4.90 Å². The summed E-state index contributed by atoms with van der Waals surface area (Å²) in [6, 6.07) is 12.3. The minimum atomic E-state index is -3.57. The number of halogens is 1. The first-order valence-corrected chi connectivity index (χ1v) is 11.9. The lowest BCUT2D eigenvalue weighted by Crippen LogP contribution is -2.30. The van der Waals surface area contributed by atoms with Crippen molar-refractivity contribution in [1.82, 2.24) is 4.31 Å². The molecule has 0 saturated heterocycles. The van der Waals surface area contributed by atoms with E-state index in [-0.39, 0.29) is 10.8 Å². The highest BCUT2D eigenvalue weighted by Gasteiger charge is 2.22. The number of carbonyl (C=O) groups is 1. The van der Waals surface area contributed by atoms with Crippen LogP contribution in [0.15, 0.2) is 52.3 Å². The average Bonchev–Trinajstić information content (AvgIpc) is 2.66. The standard InChI is InChI=1S/C20H25ClN2O3S2/c1-4-23(5-2)28(25,26)18-11-6-15(3)19(14-18)22-20(24)12-13-27-17-9-7-16(21)8-10-17/h6-11,14H,4-5,12-13H2,1-3H3,(H,22,24). The molecule has 5 nitrogen and oxygen atoms in total. The summed E-state index contributed by atoms with van der Waals surface area (Å²) in [6.07, 6.45) is 0.319. The summed E-state index contributed by atoms with van der Waals surface area (Å²) < 4.78 is 26.8. The molecule has 0 aliphatic heterocycles. The second-order valence-corrected chi connectivity index (χ2v) is 9.71. The quantitative estimate of drug-likeness (QED) is 0.569. The maximum atomic E-state index is 12.7. The second-order valence-electron chi connectivity index (χ2n) is 6.17. The third-order valence-electron chi connectivity index (χ3n) is 4.24. The summed E-state index contributed by atoms with van der Waals surface area (Å²) in [5.41, 5.74) is 1.34. The molecule has 0 aliphatic rings. The van der Waals surface area contributed by atoms with E-state index in [0.29, 0.717) is 36.0 Å². The highest BCUT2D eigenvalue weighted by molar-refractivity contribution is 7.99. The lowest BCUT2D eigenvalue weighted by molar-refractivity contribution is -0.115. The van der Waals surface area contributed by atoms with E-state index in [1.807, 2.05) is 31.2 Å². The Bertz CT molecular complexity index is 912. The number of benzene rings is 2. The van der Waals surface area contributed by atoms with Gasteiger partial charge in [0.2, 0.25) is 15.9 Å². The monoisotopic (exact) mass is 440 g/mol. The van der Waals surface area contributed by atoms with Gasteiger partial charge in [-0.05, 0) is 48.9 Å². The fourth-order valence-corrected chi connectivity index (χ4v) is 5.08. The number of nitrogens with one attached hydrogen (secondary N) is 1. The van der Waals surface area contributed by atoms with Gasteiger partial charge in [0.25, 0.3) is 0 Å². The van der Waals surface area contributed by atoms with E-state index in [0.717, 1.165) is 10.5 Å². The van der Waals surface area contributed by atoms with Crippen LogP contribution in [0.5, 0.6) is 0 Å². The molecule has 0 unspecified atom stereocenters. The molecule has 0 saturated carbocycles. The molecule has 0 aromatic heterocycles. The van der Waals surface area contributed by atoms with E-state index in [4.69, 9.17) is 11.6 Å². The van der Waals surface area contributed by atoms with Crippen LogP contribution in [0.25, 0.3) is 0 Å². The van der Waals surface area contributed by atoms with Gasteiger partial charge in [-0.2, -0.15) is 4.31 Å². The molecule has 0 aliphatic carbocycles. The van der Waals surface area contributed by atoms with Gasteiger partial charge in [-0.15, -0.1) is 11.8 Å². The highest BCUT2D eigenvalue weighted by atomic mass is 35.5. The second kappa shape index (κ2) is 10.3. The topological polar surface area (TPSA) is 66.5 Å². The summed E-state index contributed by atoms with van der Waals surface area (Å²) in [6.45, 7) is 6.24. The fourth-order valence-electron chi connectivity index (χ4n) is 2.61. The zero-order valence-electron chi connectivity index (χ0n) is 16.2. The number of carbonyl (C=O) groups excluding carboxylic acids is 1. The van der Waals surface area contributed by atoms with E-state index in [1.165, 1.54) is 10.4 Å². The normalized spacial score (nSPS) is 11.6. The summed E-state index contributed by atoms with van der Waals surface area (Å²) in [5, 5.41) is 3.51. The van der Waals surface area contributed by atoms with Crippen LogP contribution in [-0.2, 0) is 14.8 Å². The number of anilines is 1. The van der Waals surface area contributed by atoms with E-state index < -0.39 is 10.0 Å². The van der Waals surface area contributed by atoms with Crippen molar-refractivity contribution in [2.45, 2.75) is 37.0 Å². The zero-order chi connectivity index (χ0) is 20.7. The molecule has 28 heavy (non-hydrogen) atoms. The van der Waals surface area contributed by atoms with Gasteiger partial charge in [-0.25, -0.2) is 8.42 Å². The molecule has 0 bridgehead atoms. The molecule has 0 radical (unpaired) electrons. The van der Waals surface area contributed by atoms with Gasteiger partial charge >= 0.3 is 0 Å². The van der Waals surface area contributed by atoms with Crippen molar-refractivity contribution >= 4 is 45.0 Å². The Morgan fingerprint density at radius 2 is 1.75 bits per heavy atom. The first-order valence-electron chi connectivity index (χ1n) is 9.07. The smallest absolute Gasteiger partial charge is 0.243 e. The van der Waals surface area contributed by atoms with Crippen molar-refractivity contribution in [2.75, 3.05) is 24.2 Å². The molecular weight excluding hydrogens is 416 g/mol. The molecular formula is C20H25ClN2O3S2. The summed E-state index contributed by atoms with van der Waals surface area (Å²) >= 11 is 7.43. The van der Waals surface area contributed by atoms with E-state index in [9.17, 15) is 13.2 Å². The molecule has 0 heterocycles. The van der Waals surface area contributed by atoms with Crippen LogP contribution in [-0.4, -0.2) is 37.5 Å². The van der Waals surface area contributed by atoms with Gasteiger partial charge in [0.1, 0.15) is 0 Å². The zero-order valence-corrected chi connectivity index (χ0v) is 18.6. The maximum absolute atomic E-state index is 12.7. The Kier molecular flexibility index (Phi) is 8.37. The van der Waals surface area contributed by atoms with Gasteiger partial charge in [-0.3, -0.25) is 4.79 Å². The predicted molar refractivity (Wildman–Crippen MR) is 117 cm³/mol. The van der Waals surface area contributed by atoms with Crippen LogP contribution in [0.4, 0.5) is 5.69 Å². The minimum absolute atomic E-state index is 0.151. The van der Waals surface area contributed by atoms with Crippen LogP contribution < -0.4 is 5.32 Å². The Morgan fingerprint density at radius 1 is 1.11 bits per heavy atom. The summed E-state index contributed by atoms with van der Waals surface area (Å²) in [5.74, 6) is 0.464. The van der Waals surface area contributed by atoms with Crippen LogP contribution in [0.3, 0.4) is 0 Å². The lowest BCUT2D eigenvalue weighted by atomic mass is 10.2. The Hall–Kier alpha value is -1.54. The lowest BCUT2D eigenvalue weighted by Gasteiger charge is -2.19. The van der Waals surface area contributed by atoms with E-state index in [1.54, 1.807) is 37.7 Å². The number of amides is 1. The molecule has 2 aromatic rings. The Morgan fingerprint density at radius 3 is 2.36 bits per heavy atom. The molecule has 2 aromatic carbocycles. The molecule has 0 spiro atoms. The van der Waals surface area contributed by atoms with Crippen molar-refractivity contribution in [3.05, 3.63) is 53.1 Å². The minimum Gasteiger partial charge on any atom is -0.326 e. The highest BCUT2D eigenvalue weighted by Crippen LogP contribution is 2.24. The third-order valence-corrected chi connectivity index (χ3v) is 7.55. The van der Waals surface area contributed by atoms with Crippen LogP contribution in [0, 0.1) is 6.92 Å². The largest absolute Gasteiger partial charge is 0.326 e. The van der Waals surface area contributed by atoms with Crippen molar-refractivity contribution in [2.24, 2.45) is 0 Å². The van der Waals surface area contributed by atoms with Gasteiger partial charge in [0.15, 0.2) is 0 Å². The Labute approximate surface area is 176 Å². The SMILES string of the molecule is CCN(CC)S(=O)(=O)c1ccc(C)c(NC(=O)CCSc2ccc(Cl)cc2)c1. The van der Waals surface area contributed by atoms with Gasteiger partial charge in [0, 0.05) is 40.9 Å². The molecule has 152 valence electrons. The van der Waals surface area contributed by atoms with E-state index >= 15 is 0 Å². The average molecular weight is 441 g/mol. The molecule has 1 N–H and O–H groups in total. The number of rotatable bonds is 9. The van der Waals surface area contributed by atoms with Crippen LogP contribution in [0.1, 0.15) is 25.8 Å². The number of nitrogens with zero attached hydrogens (tertiary/aromatic N) is 1. The number of sulfonamides is 1. The molecule has 0 atom stereocenters. The van der Waals surface area contributed by atoms with Crippen molar-refractivity contribution in [3.8, 4) is 0 Å². The fraction of sp³-hybridized carbons (Fsp3) is 0.350. The van der Waals surface area contributed by atoms with Crippen molar-refractivity contribution < 1.29 is 13.2 Å². The molecule has 1 amide bonds. The van der Waals surface area contributed by atoms with Crippen LogP contribution >= 0.6 is 23.4 Å². The Balaban J connectivity index is 2.02. The number of aryl methyl sites for hydroxylation is 1. The summed E-state index contributed by atoms with van der Waals surface area (Å²) in [4.78, 5) is 13.5. The predicted octanol–water partition coefficient (Wildman–Crippen LogP) is 4.80. The van der Waals surface area contributed by atoms with Crippen molar-refractivity contribution in [3.63, 3.8) is 0 Å². The van der Waals surface area contributed by atoms with Crippen molar-refractivity contribution in [1.29, 1.82) is 0 Å². The number of thioether (sulfide) groups is 1. The molecule has 2 rings (SSSR count). The maximum Gasteiger partial charge on any atom is 0.243 e. The first-order chi connectivity index (χ1) is 13.3. The third kappa shape index (κ3) is 5.98. The first kappa shape index (κ1) is 22.7. The molecule has 8 heteroatoms. The van der Waals surface area contributed by atoms with E-state index in [2.05, 4.69) is 5.32 Å². The van der Waals surface area contributed by atoms with Gasteiger partial charge in [-0.1, -0.05) is 31.5 Å². The van der Waals surface area contributed by atoms with Crippen LogP contribution in [0.2, 0.25) is 5.02 Å².